The van der Waals surface area contributed by atoms with Gasteiger partial charge in [-0.1, -0.05) is 44.2 Å². The molecule has 0 radical (unpaired) electrons. The van der Waals surface area contributed by atoms with Gasteiger partial charge in [0.25, 0.3) is 0 Å². The van der Waals surface area contributed by atoms with E-state index in [0.29, 0.717) is 17.9 Å². The maximum absolute atomic E-state index is 14.5. The number of aliphatic hydroxyl groups excluding tert-OH is 1. The molecule has 2 aromatic carbocycles. The number of fused-ring (bicyclic) bond motifs is 1. The summed E-state index contributed by atoms with van der Waals surface area (Å²) in [6, 6.07) is 13.4. The predicted octanol–water partition coefficient (Wildman–Crippen LogP) is 6.12. The number of ether oxygens (including phenoxy) is 1. The number of benzene rings is 2. The SMILES string of the molecule is CC(C)c1cc(-c2c(/C=C/C3CC(O)CC(=O)O3)c(C3CC3)nc3ccccc23)ccc1F. The van der Waals surface area contributed by atoms with Crippen molar-refractivity contribution in [2.24, 2.45) is 0 Å². The number of aromatic nitrogens is 1. The van der Waals surface area contributed by atoms with E-state index in [4.69, 9.17) is 9.72 Å². The number of para-hydroxylation sites is 1. The van der Waals surface area contributed by atoms with Crippen molar-refractivity contribution in [3.8, 4) is 11.1 Å². The third-order valence-electron chi connectivity index (χ3n) is 6.50. The maximum Gasteiger partial charge on any atom is 0.309 e. The van der Waals surface area contributed by atoms with Gasteiger partial charge in [-0.05, 0) is 54.2 Å². The van der Waals surface area contributed by atoms with Gasteiger partial charge < -0.3 is 9.84 Å². The largest absolute Gasteiger partial charge is 0.458 e. The second-order valence-electron chi connectivity index (χ2n) is 9.45. The lowest BCUT2D eigenvalue weighted by atomic mass is 9.89. The molecule has 0 bridgehead atoms. The highest BCUT2D eigenvalue weighted by Gasteiger charge is 2.30. The summed E-state index contributed by atoms with van der Waals surface area (Å²) in [5, 5.41) is 11.0. The average molecular weight is 446 g/mol. The lowest BCUT2D eigenvalue weighted by Gasteiger charge is -2.24. The molecule has 4 nitrogen and oxygen atoms in total. The normalized spacial score (nSPS) is 21.2. The van der Waals surface area contributed by atoms with E-state index >= 15 is 0 Å². The minimum absolute atomic E-state index is 0.0357. The van der Waals surface area contributed by atoms with E-state index in [-0.39, 0.29) is 24.1 Å². The van der Waals surface area contributed by atoms with Crippen LogP contribution < -0.4 is 0 Å². The van der Waals surface area contributed by atoms with Crippen LogP contribution in [0.2, 0.25) is 0 Å². The molecule has 170 valence electrons. The number of hydrogen-bond donors (Lipinski definition) is 1. The van der Waals surface area contributed by atoms with E-state index in [1.54, 1.807) is 6.07 Å². The molecule has 2 fully saturated rings. The number of rotatable bonds is 5. The molecule has 5 heteroatoms. The monoisotopic (exact) mass is 445 g/mol. The summed E-state index contributed by atoms with van der Waals surface area (Å²) in [5.41, 5.74) is 5.57. The smallest absolute Gasteiger partial charge is 0.309 e. The number of cyclic esters (lactones) is 1. The molecule has 5 rings (SSSR count). The van der Waals surface area contributed by atoms with Crippen LogP contribution in [0.4, 0.5) is 4.39 Å². The Labute approximate surface area is 193 Å². The topological polar surface area (TPSA) is 59.4 Å². The second kappa shape index (κ2) is 8.71. The van der Waals surface area contributed by atoms with Crippen LogP contribution in [-0.4, -0.2) is 28.3 Å². The van der Waals surface area contributed by atoms with Gasteiger partial charge in [0.05, 0.1) is 23.7 Å². The van der Waals surface area contributed by atoms with E-state index in [1.807, 2.05) is 56.3 Å². The zero-order valence-corrected chi connectivity index (χ0v) is 18.9. The summed E-state index contributed by atoms with van der Waals surface area (Å²) in [4.78, 5) is 16.8. The Hall–Kier alpha value is -3.05. The van der Waals surface area contributed by atoms with Crippen molar-refractivity contribution in [2.45, 2.75) is 63.6 Å². The Morgan fingerprint density at radius 2 is 1.97 bits per heavy atom. The van der Waals surface area contributed by atoms with Gasteiger partial charge in [-0.15, -0.1) is 0 Å². The van der Waals surface area contributed by atoms with Crippen molar-refractivity contribution in [2.75, 3.05) is 0 Å². The second-order valence-corrected chi connectivity index (χ2v) is 9.45. The third kappa shape index (κ3) is 4.42. The molecule has 1 aliphatic carbocycles. The molecule has 1 aromatic heterocycles. The lowest BCUT2D eigenvalue weighted by Crippen LogP contribution is -2.31. The number of nitrogens with zero attached hydrogens (tertiary/aromatic N) is 1. The molecule has 1 N–H and O–H groups in total. The summed E-state index contributed by atoms with van der Waals surface area (Å²) in [6.45, 7) is 3.98. The number of carbonyl (C=O) groups excluding carboxylic acids is 1. The van der Waals surface area contributed by atoms with Crippen LogP contribution in [0.15, 0.2) is 48.5 Å². The van der Waals surface area contributed by atoms with Crippen LogP contribution in [0.5, 0.6) is 0 Å². The van der Waals surface area contributed by atoms with Crippen molar-refractivity contribution in [1.29, 1.82) is 0 Å². The quantitative estimate of drug-likeness (QED) is 0.481. The first-order valence-electron chi connectivity index (χ1n) is 11.7. The summed E-state index contributed by atoms with van der Waals surface area (Å²) in [6.07, 6.45) is 5.26. The van der Waals surface area contributed by atoms with E-state index in [2.05, 4.69) is 6.07 Å². The number of esters is 1. The minimum atomic E-state index is -0.691. The Morgan fingerprint density at radius 1 is 1.18 bits per heavy atom. The van der Waals surface area contributed by atoms with Crippen LogP contribution in [0.1, 0.15) is 68.2 Å². The van der Waals surface area contributed by atoms with Crippen molar-refractivity contribution in [3.63, 3.8) is 0 Å². The van der Waals surface area contributed by atoms with Crippen molar-refractivity contribution < 1.29 is 19.0 Å². The highest BCUT2D eigenvalue weighted by atomic mass is 19.1. The number of carbonyl (C=O) groups is 1. The summed E-state index contributed by atoms with van der Waals surface area (Å²) >= 11 is 0. The van der Waals surface area contributed by atoms with Gasteiger partial charge in [0.15, 0.2) is 0 Å². The number of hydrogen-bond acceptors (Lipinski definition) is 4. The molecule has 2 heterocycles. The molecule has 1 aliphatic heterocycles. The first-order chi connectivity index (χ1) is 15.9. The van der Waals surface area contributed by atoms with Crippen LogP contribution in [0.25, 0.3) is 28.1 Å². The molecule has 2 aliphatic rings. The first kappa shape index (κ1) is 21.8. The lowest BCUT2D eigenvalue weighted by molar-refractivity contribution is -0.156. The number of aliphatic hydroxyl groups is 1. The van der Waals surface area contributed by atoms with Crippen LogP contribution in [-0.2, 0) is 9.53 Å². The average Bonchev–Trinajstić information content (AvgIpc) is 3.62. The van der Waals surface area contributed by atoms with E-state index in [9.17, 15) is 14.3 Å². The Bertz CT molecular complexity index is 1250. The van der Waals surface area contributed by atoms with Crippen LogP contribution in [0.3, 0.4) is 0 Å². The summed E-state index contributed by atoms with van der Waals surface area (Å²) < 4.78 is 20.0. The van der Waals surface area contributed by atoms with Gasteiger partial charge in [-0.2, -0.15) is 0 Å². The molecule has 0 spiro atoms. The molecular formula is C28H28FNO3. The number of pyridine rings is 1. The van der Waals surface area contributed by atoms with Gasteiger partial charge in [-0.25, -0.2) is 4.39 Å². The van der Waals surface area contributed by atoms with Gasteiger partial charge in [-0.3, -0.25) is 9.78 Å². The fourth-order valence-corrected chi connectivity index (χ4v) is 4.67. The molecule has 1 saturated heterocycles. The van der Waals surface area contributed by atoms with Crippen LogP contribution in [0, 0.1) is 5.82 Å². The Morgan fingerprint density at radius 3 is 2.70 bits per heavy atom. The Kier molecular flexibility index (Phi) is 5.75. The van der Waals surface area contributed by atoms with E-state index < -0.39 is 12.2 Å². The fraction of sp³-hybridized carbons (Fsp3) is 0.357. The van der Waals surface area contributed by atoms with Gasteiger partial charge in [0.2, 0.25) is 0 Å². The summed E-state index contributed by atoms with van der Waals surface area (Å²) in [5.74, 6) is -0.141. The fourth-order valence-electron chi connectivity index (χ4n) is 4.67. The molecule has 2 atom stereocenters. The van der Waals surface area contributed by atoms with Crippen molar-refractivity contribution in [3.05, 3.63) is 71.2 Å². The third-order valence-corrected chi connectivity index (χ3v) is 6.50. The van der Waals surface area contributed by atoms with E-state index in [0.717, 1.165) is 46.1 Å². The molecular weight excluding hydrogens is 417 g/mol. The first-order valence-corrected chi connectivity index (χ1v) is 11.7. The number of halogens is 1. The maximum atomic E-state index is 14.5. The van der Waals surface area contributed by atoms with Crippen LogP contribution >= 0.6 is 0 Å². The Balaban J connectivity index is 1.71. The molecule has 0 amide bonds. The summed E-state index contributed by atoms with van der Waals surface area (Å²) in [7, 11) is 0. The molecule has 1 saturated carbocycles. The standard InChI is InChI=1S/C28H28FNO3/c1-16(2)23-13-18(9-12-24(23)29)27-21-5-3-4-6-25(21)30-28(17-7-8-17)22(27)11-10-20-14-19(31)15-26(32)33-20/h3-6,9-13,16-17,19-20,31H,7-8,14-15H2,1-2H3/b11-10+. The highest BCUT2D eigenvalue weighted by Crippen LogP contribution is 2.45. The molecule has 3 aromatic rings. The van der Waals surface area contributed by atoms with E-state index in [1.165, 1.54) is 0 Å². The van der Waals surface area contributed by atoms with Crippen molar-refractivity contribution >= 4 is 22.9 Å². The molecule has 2 unspecified atom stereocenters. The minimum Gasteiger partial charge on any atom is -0.458 e. The van der Waals surface area contributed by atoms with Gasteiger partial charge in [0, 0.05) is 28.9 Å². The van der Waals surface area contributed by atoms with Gasteiger partial charge in [0.1, 0.15) is 11.9 Å². The molecule has 33 heavy (non-hydrogen) atoms. The van der Waals surface area contributed by atoms with Gasteiger partial charge >= 0.3 is 5.97 Å². The van der Waals surface area contributed by atoms with Crippen molar-refractivity contribution in [1.82, 2.24) is 4.98 Å². The highest BCUT2D eigenvalue weighted by molar-refractivity contribution is 5.99. The zero-order valence-electron chi connectivity index (χ0n) is 18.9. The predicted molar refractivity (Wildman–Crippen MR) is 127 cm³/mol. The zero-order chi connectivity index (χ0) is 23.1.